The van der Waals surface area contributed by atoms with Crippen LogP contribution in [0.2, 0.25) is 0 Å². The maximum atomic E-state index is 11.8. The highest BCUT2D eigenvalue weighted by Gasteiger charge is 2.20. The van der Waals surface area contributed by atoms with Crippen molar-refractivity contribution in [2.24, 2.45) is 0 Å². The Kier molecular flexibility index (Phi) is 5.97. The maximum Gasteiger partial charge on any atom is 0.134 e. The van der Waals surface area contributed by atoms with Crippen LogP contribution in [0.3, 0.4) is 0 Å². The Morgan fingerprint density at radius 2 is 1.70 bits per heavy atom. The van der Waals surface area contributed by atoms with Gasteiger partial charge in [0.1, 0.15) is 23.2 Å². The molecule has 1 aromatic heterocycles. The first kappa shape index (κ1) is 18.8. The largest absolute Gasteiger partial charge is 0.496 e. The third kappa shape index (κ3) is 3.75. The summed E-state index contributed by atoms with van der Waals surface area (Å²) in [6, 6.07) is 15.3. The molecule has 0 bridgehead atoms. The number of hydrogen-bond acceptors (Lipinski definition) is 5. The van der Waals surface area contributed by atoms with E-state index in [1.165, 1.54) is 0 Å². The van der Waals surface area contributed by atoms with Crippen LogP contribution < -0.4 is 14.2 Å². The van der Waals surface area contributed by atoms with Crippen molar-refractivity contribution >= 4 is 22.9 Å². The van der Waals surface area contributed by atoms with Crippen LogP contribution in [0.15, 0.2) is 53.9 Å². The Labute approximate surface area is 162 Å². The van der Waals surface area contributed by atoms with E-state index in [0.717, 1.165) is 16.0 Å². The molecule has 4 nitrogen and oxygen atoms in total. The molecular weight excluding hydrogens is 360 g/mol. The predicted octanol–water partition coefficient (Wildman–Crippen LogP) is 4.90. The second kappa shape index (κ2) is 8.58. The van der Waals surface area contributed by atoms with Gasteiger partial charge in [0.25, 0.3) is 0 Å². The Bertz CT molecular complexity index is 970. The number of allylic oxidation sites excluding steroid dienone is 1. The Morgan fingerprint density at radius 3 is 2.33 bits per heavy atom. The number of methoxy groups -OCH3 is 3. The highest BCUT2D eigenvalue weighted by Crippen LogP contribution is 2.42. The van der Waals surface area contributed by atoms with Gasteiger partial charge in [0.05, 0.1) is 26.9 Å². The van der Waals surface area contributed by atoms with Crippen LogP contribution in [0, 0.1) is 0 Å². The van der Waals surface area contributed by atoms with Gasteiger partial charge in [-0.2, -0.15) is 0 Å². The zero-order chi connectivity index (χ0) is 19.2. The molecule has 3 aromatic rings. The maximum absolute atomic E-state index is 11.8. The SMILES string of the molecule is COc1ccccc1C(=C=O)Cc1c(OC)ccc(-c2cccs2)c1OC. The Balaban J connectivity index is 2.12. The standard InChI is InChI=1S/C22H20O4S/c1-24-19-8-5-4-7-16(19)15(14-23)13-18-20(25-2)11-10-17(22(18)26-3)21-9-6-12-27-21/h4-12H,13H2,1-3H3. The third-order valence-corrected chi connectivity index (χ3v) is 5.24. The lowest BCUT2D eigenvalue weighted by Gasteiger charge is -2.17. The minimum absolute atomic E-state index is 0.315. The van der Waals surface area contributed by atoms with Gasteiger partial charge in [-0.05, 0) is 29.6 Å². The monoisotopic (exact) mass is 380 g/mol. The summed E-state index contributed by atoms with van der Waals surface area (Å²) in [5, 5.41) is 2.02. The summed E-state index contributed by atoms with van der Waals surface area (Å²) < 4.78 is 16.7. The molecule has 0 spiro atoms. The average Bonchev–Trinajstić information content (AvgIpc) is 3.25. The summed E-state index contributed by atoms with van der Waals surface area (Å²) in [5.74, 6) is 4.06. The summed E-state index contributed by atoms with van der Waals surface area (Å²) in [6.07, 6.45) is 0.315. The number of para-hydroxylation sites is 1. The minimum Gasteiger partial charge on any atom is -0.496 e. The van der Waals surface area contributed by atoms with Crippen LogP contribution in [0.4, 0.5) is 0 Å². The molecule has 0 aliphatic heterocycles. The average molecular weight is 380 g/mol. The van der Waals surface area contributed by atoms with Gasteiger partial charge >= 0.3 is 0 Å². The van der Waals surface area contributed by atoms with Gasteiger partial charge in [-0.1, -0.05) is 24.3 Å². The molecule has 3 rings (SSSR count). The van der Waals surface area contributed by atoms with E-state index in [9.17, 15) is 4.79 Å². The zero-order valence-corrected chi connectivity index (χ0v) is 16.3. The molecule has 0 aliphatic carbocycles. The molecule has 0 atom stereocenters. The van der Waals surface area contributed by atoms with Gasteiger partial charge < -0.3 is 14.2 Å². The van der Waals surface area contributed by atoms with Crippen molar-refractivity contribution in [2.45, 2.75) is 6.42 Å². The minimum atomic E-state index is 0.315. The fraction of sp³-hybridized carbons (Fsp3) is 0.182. The Morgan fingerprint density at radius 1 is 0.926 bits per heavy atom. The predicted molar refractivity (Wildman–Crippen MR) is 109 cm³/mol. The highest BCUT2D eigenvalue weighted by molar-refractivity contribution is 7.13. The molecule has 0 aliphatic rings. The van der Waals surface area contributed by atoms with E-state index in [1.54, 1.807) is 32.7 Å². The molecule has 5 heteroatoms. The van der Waals surface area contributed by atoms with Crippen molar-refractivity contribution in [3.8, 4) is 27.7 Å². The van der Waals surface area contributed by atoms with E-state index < -0.39 is 0 Å². The van der Waals surface area contributed by atoms with Gasteiger partial charge in [-0.3, -0.25) is 0 Å². The molecule has 0 fully saturated rings. The summed E-state index contributed by atoms with van der Waals surface area (Å²) in [4.78, 5) is 12.9. The fourth-order valence-electron chi connectivity index (χ4n) is 3.08. The summed E-state index contributed by atoms with van der Waals surface area (Å²) in [5.41, 5.74) is 2.96. The van der Waals surface area contributed by atoms with E-state index in [1.807, 2.05) is 53.9 Å². The summed E-state index contributed by atoms with van der Waals surface area (Å²) >= 11 is 1.63. The quantitative estimate of drug-likeness (QED) is 0.547. The van der Waals surface area contributed by atoms with Gasteiger partial charge in [0.2, 0.25) is 0 Å². The van der Waals surface area contributed by atoms with E-state index in [0.29, 0.717) is 34.8 Å². The molecule has 0 radical (unpaired) electrons. The molecule has 2 aromatic carbocycles. The lowest BCUT2D eigenvalue weighted by Crippen LogP contribution is -2.02. The van der Waals surface area contributed by atoms with E-state index >= 15 is 0 Å². The highest BCUT2D eigenvalue weighted by atomic mass is 32.1. The van der Waals surface area contributed by atoms with Crippen LogP contribution in [0.5, 0.6) is 17.2 Å². The number of benzene rings is 2. The molecule has 0 unspecified atom stereocenters. The molecule has 0 N–H and O–H groups in total. The van der Waals surface area contributed by atoms with E-state index in [2.05, 4.69) is 5.94 Å². The first-order valence-electron chi connectivity index (χ1n) is 8.38. The summed E-state index contributed by atoms with van der Waals surface area (Å²) in [6.45, 7) is 0. The van der Waals surface area contributed by atoms with Crippen molar-refractivity contribution in [1.82, 2.24) is 0 Å². The van der Waals surface area contributed by atoms with Crippen LogP contribution >= 0.6 is 11.3 Å². The van der Waals surface area contributed by atoms with Gasteiger partial charge in [0.15, 0.2) is 0 Å². The number of ether oxygens (including phenoxy) is 3. The smallest absolute Gasteiger partial charge is 0.134 e. The van der Waals surface area contributed by atoms with Crippen molar-refractivity contribution in [3.05, 3.63) is 65.0 Å². The Hall–Kier alpha value is -3.01. The molecule has 27 heavy (non-hydrogen) atoms. The van der Waals surface area contributed by atoms with Crippen LogP contribution in [-0.2, 0) is 11.2 Å². The van der Waals surface area contributed by atoms with Crippen molar-refractivity contribution in [2.75, 3.05) is 21.3 Å². The number of carbonyl (C=O) groups excluding carboxylic acids is 1. The molecule has 1 heterocycles. The number of rotatable bonds is 7. The first-order chi connectivity index (χ1) is 13.2. The van der Waals surface area contributed by atoms with Crippen LogP contribution in [0.1, 0.15) is 11.1 Å². The second-order valence-corrected chi connectivity index (χ2v) is 6.71. The molecule has 0 amide bonds. The third-order valence-electron chi connectivity index (χ3n) is 4.34. The molecule has 0 saturated heterocycles. The molecule has 138 valence electrons. The van der Waals surface area contributed by atoms with Gasteiger partial charge in [-0.15, -0.1) is 11.3 Å². The van der Waals surface area contributed by atoms with Crippen LogP contribution in [-0.4, -0.2) is 27.3 Å². The van der Waals surface area contributed by atoms with Crippen LogP contribution in [0.25, 0.3) is 16.0 Å². The second-order valence-electron chi connectivity index (χ2n) is 5.76. The first-order valence-corrected chi connectivity index (χ1v) is 9.26. The zero-order valence-electron chi connectivity index (χ0n) is 15.4. The van der Waals surface area contributed by atoms with Gasteiger partial charge in [-0.25, -0.2) is 4.79 Å². The molecular formula is C22H20O4S. The number of hydrogen-bond donors (Lipinski definition) is 0. The van der Waals surface area contributed by atoms with Crippen molar-refractivity contribution in [3.63, 3.8) is 0 Å². The lowest BCUT2D eigenvalue weighted by atomic mass is 9.95. The normalized spacial score (nSPS) is 10.2. The van der Waals surface area contributed by atoms with Crippen molar-refractivity contribution < 1.29 is 19.0 Å². The summed E-state index contributed by atoms with van der Waals surface area (Å²) in [7, 11) is 4.82. The molecule has 0 saturated carbocycles. The van der Waals surface area contributed by atoms with E-state index in [-0.39, 0.29) is 0 Å². The van der Waals surface area contributed by atoms with E-state index in [4.69, 9.17) is 14.2 Å². The van der Waals surface area contributed by atoms with Crippen molar-refractivity contribution in [1.29, 1.82) is 0 Å². The fourth-order valence-corrected chi connectivity index (χ4v) is 3.83. The lowest BCUT2D eigenvalue weighted by molar-refractivity contribution is 0.388. The van der Waals surface area contributed by atoms with Gasteiger partial charge in [0, 0.05) is 28.0 Å². The topological polar surface area (TPSA) is 44.8 Å². The number of thiophene rings is 1.